The molecule has 21 heavy (non-hydrogen) atoms. The Kier molecular flexibility index (Phi) is 5.37. The number of ether oxygens (including phenoxy) is 1. The summed E-state index contributed by atoms with van der Waals surface area (Å²) in [5.41, 5.74) is 2.68. The minimum Gasteiger partial charge on any atom is -0.497 e. The monoisotopic (exact) mass is 351 g/mol. The molecule has 1 atom stereocenters. The largest absolute Gasteiger partial charge is 0.497 e. The van der Waals surface area contributed by atoms with Gasteiger partial charge in [0.05, 0.1) is 13.2 Å². The summed E-state index contributed by atoms with van der Waals surface area (Å²) in [5.74, 6) is 0.569. The molecule has 0 aliphatic heterocycles. The van der Waals surface area contributed by atoms with Gasteiger partial charge in [-0.15, -0.1) is 0 Å². The number of halogens is 2. The number of aryl methyl sites for hydroxylation is 1. The quantitative estimate of drug-likeness (QED) is 0.849. The van der Waals surface area contributed by atoms with Crippen LogP contribution in [0.2, 0.25) is 0 Å². The van der Waals surface area contributed by atoms with Crippen LogP contribution in [0.1, 0.15) is 29.7 Å². The van der Waals surface area contributed by atoms with Crippen molar-refractivity contribution in [3.8, 4) is 5.75 Å². The molecular formula is C17H19BrFNO. The van der Waals surface area contributed by atoms with E-state index in [1.807, 2.05) is 38.1 Å². The first-order valence-corrected chi connectivity index (χ1v) is 7.69. The molecule has 4 heteroatoms. The average molecular weight is 352 g/mol. The van der Waals surface area contributed by atoms with Gasteiger partial charge in [0, 0.05) is 10.0 Å². The van der Waals surface area contributed by atoms with Gasteiger partial charge in [-0.1, -0.05) is 46.6 Å². The van der Waals surface area contributed by atoms with Crippen LogP contribution in [0.3, 0.4) is 0 Å². The van der Waals surface area contributed by atoms with Crippen LogP contribution in [0.5, 0.6) is 5.75 Å². The van der Waals surface area contributed by atoms with Gasteiger partial charge in [-0.2, -0.15) is 0 Å². The van der Waals surface area contributed by atoms with Crippen LogP contribution < -0.4 is 10.1 Å². The summed E-state index contributed by atoms with van der Waals surface area (Å²) < 4.78 is 20.3. The molecule has 2 aromatic rings. The second-order valence-corrected chi connectivity index (χ2v) is 5.76. The second kappa shape index (κ2) is 7.05. The van der Waals surface area contributed by atoms with Crippen LogP contribution in [0.4, 0.5) is 4.39 Å². The van der Waals surface area contributed by atoms with E-state index < -0.39 is 0 Å². The maximum atomic E-state index is 14.2. The number of hydrogen-bond acceptors (Lipinski definition) is 2. The van der Waals surface area contributed by atoms with Gasteiger partial charge < -0.3 is 10.1 Å². The molecule has 0 aliphatic carbocycles. The van der Waals surface area contributed by atoms with Crippen molar-refractivity contribution in [2.75, 3.05) is 13.7 Å². The fourth-order valence-electron chi connectivity index (χ4n) is 2.34. The van der Waals surface area contributed by atoms with E-state index >= 15 is 0 Å². The Morgan fingerprint density at radius 2 is 1.95 bits per heavy atom. The number of hydrogen-bond donors (Lipinski definition) is 1. The molecule has 0 heterocycles. The van der Waals surface area contributed by atoms with E-state index in [0.29, 0.717) is 5.56 Å². The third-order valence-corrected chi connectivity index (χ3v) is 4.08. The van der Waals surface area contributed by atoms with E-state index in [9.17, 15) is 4.39 Å². The number of benzene rings is 2. The fourth-order valence-corrected chi connectivity index (χ4v) is 2.93. The van der Waals surface area contributed by atoms with E-state index in [-0.39, 0.29) is 11.9 Å². The topological polar surface area (TPSA) is 21.3 Å². The zero-order valence-corrected chi connectivity index (χ0v) is 14.0. The zero-order chi connectivity index (χ0) is 15.4. The summed E-state index contributed by atoms with van der Waals surface area (Å²) in [6.45, 7) is 4.73. The standard InChI is InChI=1S/C17H19BrFNO/c1-4-20-17(14-9-11(2)5-8-16(14)19)13-7-6-12(21-3)10-15(13)18/h5-10,17,20H,4H2,1-3H3. The van der Waals surface area contributed by atoms with Crippen LogP contribution in [0, 0.1) is 12.7 Å². The van der Waals surface area contributed by atoms with Crippen molar-refractivity contribution in [3.05, 3.63) is 63.4 Å². The highest BCUT2D eigenvalue weighted by Crippen LogP contribution is 2.32. The van der Waals surface area contributed by atoms with Crippen molar-refractivity contribution in [2.45, 2.75) is 19.9 Å². The number of nitrogens with one attached hydrogen (secondary N) is 1. The van der Waals surface area contributed by atoms with E-state index in [2.05, 4.69) is 21.2 Å². The van der Waals surface area contributed by atoms with Gasteiger partial charge in [-0.05, 0) is 37.2 Å². The molecular weight excluding hydrogens is 333 g/mol. The molecule has 0 saturated heterocycles. The molecule has 0 aromatic heterocycles. The molecule has 0 aliphatic rings. The second-order valence-electron chi connectivity index (χ2n) is 4.90. The van der Waals surface area contributed by atoms with Crippen molar-refractivity contribution in [3.63, 3.8) is 0 Å². The lowest BCUT2D eigenvalue weighted by molar-refractivity contribution is 0.414. The maximum Gasteiger partial charge on any atom is 0.128 e. The average Bonchev–Trinajstić information content (AvgIpc) is 2.48. The Bertz CT molecular complexity index is 630. The smallest absolute Gasteiger partial charge is 0.128 e. The predicted octanol–water partition coefficient (Wildman–Crippen LogP) is 4.60. The highest BCUT2D eigenvalue weighted by Gasteiger charge is 2.19. The minimum atomic E-state index is -0.200. The van der Waals surface area contributed by atoms with E-state index in [1.165, 1.54) is 6.07 Å². The van der Waals surface area contributed by atoms with Crippen molar-refractivity contribution >= 4 is 15.9 Å². The van der Waals surface area contributed by atoms with Gasteiger partial charge >= 0.3 is 0 Å². The summed E-state index contributed by atoms with van der Waals surface area (Å²) in [6, 6.07) is 10.7. The van der Waals surface area contributed by atoms with Gasteiger partial charge in [0.2, 0.25) is 0 Å². The van der Waals surface area contributed by atoms with Crippen molar-refractivity contribution in [1.82, 2.24) is 5.32 Å². The van der Waals surface area contributed by atoms with Gasteiger partial charge in [0.1, 0.15) is 11.6 Å². The Hall–Kier alpha value is -1.39. The van der Waals surface area contributed by atoms with Crippen LogP contribution in [0.25, 0.3) is 0 Å². The third-order valence-electron chi connectivity index (χ3n) is 3.39. The fraction of sp³-hybridized carbons (Fsp3) is 0.294. The van der Waals surface area contributed by atoms with E-state index in [0.717, 1.165) is 27.9 Å². The molecule has 0 saturated carbocycles. The molecule has 112 valence electrons. The Morgan fingerprint density at radius 1 is 1.19 bits per heavy atom. The molecule has 2 rings (SSSR count). The lowest BCUT2D eigenvalue weighted by atomic mass is 9.96. The summed E-state index contributed by atoms with van der Waals surface area (Å²) >= 11 is 3.56. The SMILES string of the molecule is CCNC(c1cc(C)ccc1F)c1ccc(OC)cc1Br. The van der Waals surface area contributed by atoms with Crippen LogP contribution >= 0.6 is 15.9 Å². The first kappa shape index (κ1) is 16.0. The lowest BCUT2D eigenvalue weighted by Gasteiger charge is -2.21. The van der Waals surface area contributed by atoms with Gasteiger partial charge in [-0.25, -0.2) is 4.39 Å². The zero-order valence-electron chi connectivity index (χ0n) is 12.4. The van der Waals surface area contributed by atoms with Gasteiger partial charge in [0.25, 0.3) is 0 Å². The first-order chi connectivity index (χ1) is 10.1. The lowest BCUT2D eigenvalue weighted by Crippen LogP contribution is -2.23. The van der Waals surface area contributed by atoms with Crippen molar-refractivity contribution < 1.29 is 9.13 Å². The molecule has 1 N–H and O–H groups in total. The summed E-state index contributed by atoms with van der Waals surface area (Å²) in [4.78, 5) is 0. The Balaban J connectivity index is 2.50. The van der Waals surface area contributed by atoms with Gasteiger partial charge in [0.15, 0.2) is 0 Å². The molecule has 0 bridgehead atoms. The molecule has 0 radical (unpaired) electrons. The molecule has 0 spiro atoms. The molecule has 2 aromatic carbocycles. The van der Waals surface area contributed by atoms with Crippen molar-refractivity contribution in [2.24, 2.45) is 0 Å². The molecule has 0 fully saturated rings. The Morgan fingerprint density at radius 3 is 2.57 bits per heavy atom. The van der Waals surface area contributed by atoms with Crippen LogP contribution in [-0.2, 0) is 0 Å². The minimum absolute atomic E-state index is 0.199. The molecule has 1 unspecified atom stereocenters. The van der Waals surface area contributed by atoms with E-state index in [1.54, 1.807) is 13.2 Å². The van der Waals surface area contributed by atoms with Crippen LogP contribution in [0.15, 0.2) is 40.9 Å². The first-order valence-electron chi connectivity index (χ1n) is 6.89. The summed E-state index contributed by atoms with van der Waals surface area (Å²) in [7, 11) is 1.63. The number of methoxy groups -OCH3 is 1. The van der Waals surface area contributed by atoms with E-state index in [4.69, 9.17) is 4.74 Å². The highest BCUT2D eigenvalue weighted by atomic mass is 79.9. The molecule has 2 nitrogen and oxygen atoms in total. The Labute approximate surface area is 133 Å². The van der Waals surface area contributed by atoms with Crippen LogP contribution in [-0.4, -0.2) is 13.7 Å². The normalized spacial score (nSPS) is 12.2. The number of rotatable bonds is 5. The van der Waals surface area contributed by atoms with Gasteiger partial charge in [-0.3, -0.25) is 0 Å². The molecule has 0 amide bonds. The third kappa shape index (κ3) is 3.63. The maximum absolute atomic E-state index is 14.2. The summed E-state index contributed by atoms with van der Waals surface area (Å²) in [5, 5.41) is 3.35. The highest BCUT2D eigenvalue weighted by molar-refractivity contribution is 9.10. The van der Waals surface area contributed by atoms with Crippen molar-refractivity contribution in [1.29, 1.82) is 0 Å². The predicted molar refractivity (Wildman–Crippen MR) is 87.4 cm³/mol. The summed E-state index contributed by atoms with van der Waals surface area (Å²) in [6.07, 6.45) is 0.